The summed E-state index contributed by atoms with van der Waals surface area (Å²) in [6.45, 7) is 0.748. The molecule has 0 saturated heterocycles. The van der Waals surface area contributed by atoms with Gasteiger partial charge in [-0.05, 0) is 11.6 Å². The van der Waals surface area contributed by atoms with E-state index in [4.69, 9.17) is 4.74 Å². The maximum atomic E-state index is 10.4. The molecule has 0 aromatic heterocycles. The largest absolute Gasteiger partial charge is 0.493 e. The minimum atomic E-state index is 0.686. The van der Waals surface area contributed by atoms with Crippen LogP contribution in [0, 0.1) is 0 Å². The zero-order valence-corrected chi connectivity index (χ0v) is 6.04. The van der Waals surface area contributed by atoms with E-state index in [1.807, 2.05) is 12.1 Å². The van der Waals surface area contributed by atoms with E-state index in [2.05, 4.69) is 0 Å². The molecular weight excluding hydrogens is 140 g/mol. The number of fused-ring (bicyclic) bond motifs is 1. The molecule has 0 atom stereocenters. The molecule has 0 radical (unpaired) electrons. The number of carbonyl (C=O) groups excluding carboxylic acids is 1. The van der Waals surface area contributed by atoms with Gasteiger partial charge >= 0.3 is 0 Å². The van der Waals surface area contributed by atoms with Crippen molar-refractivity contribution in [3.8, 4) is 5.75 Å². The smallest absolute Gasteiger partial charge is 0.150 e. The van der Waals surface area contributed by atoms with Crippen LogP contribution >= 0.6 is 0 Å². The summed E-state index contributed by atoms with van der Waals surface area (Å²) in [5.41, 5.74) is 1.89. The number of rotatable bonds is 1. The summed E-state index contributed by atoms with van der Waals surface area (Å²) in [7, 11) is 0. The van der Waals surface area contributed by atoms with Crippen LogP contribution in [0.4, 0.5) is 0 Å². The van der Waals surface area contributed by atoms with E-state index < -0.39 is 0 Å². The first-order valence-corrected chi connectivity index (χ1v) is 3.61. The fraction of sp³-hybridized carbons (Fsp3) is 0.222. The van der Waals surface area contributed by atoms with Crippen molar-refractivity contribution in [3.63, 3.8) is 0 Å². The van der Waals surface area contributed by atoms with Crippen molar-refractivity contribution in [2.24, 2.45) is 0 Å². The predicted octanol–water partition coefficient (Wildman–Crippen LogP) is 1.43. The van der Waals surface area contributed by atoms with Gasteiger partial charge in [-0.15, -0.1) is 0 Å². The number of aldehydes is 1. The third kappa shape index (κ3) is 1.00. The second-order valence-corrected chi connectivity index (χ2v) is 2.58. The van der Waals surface area contributed by atoms with Gasteiger partial charge in [0.1, 0.15) is 12.0 Å². The van der Waals surface area contributed by atoms with Gasteiger partial charge in [0, 0.05) is 12.0 Å². The van der Waals surface area contributed by atoms with Gasteiger partial charge in [0.05, 0.1) is 6.61 Å². The van der Waals surface area contributed by atoms with Gasteiger partial charge in [-0.25, -0.2) is 0 Å². The van der Waals surface area contributed by atoms with E-state index in [1.165, 1.54) is 5.56 Å². The average molecular weight is 148 g/mol. The minimum Gasteiger partial charge on any atom is -0.493 e. The highest BCUT2D eigenvalue weighted by molar-refractivity contribution is 5.76. The van der Waals surface area contributed by atoms with Crippen molar-refractivity contribution >= 4 is 6.29 Å². The van der Waals surface area contributed by atoms with E-state index in [9.17, 15) is 4.79 Å². The monoisotopic (exact) mass is 148 g/mol. The molecule has 11 heavy (non-hydrogen) atoms. The van der Waals surface area contributed by atoms with Crippen molar-refractivity contribution in [1.82, 2.24) is 0 Å². The summed E-state index contributed by atoms with van der Waals surface area (Å²) in [5.74, 6) is 0.870. The maximum Gasteiger partial charge on any atom is 0.150 e. The summed E-state index contributed by atoms with van der Waals surface area (Å²) < 4.78 is 5.28. The topological polar surface area (TPSA) is 26.3 Å². The van der Waals surface area contributed by atoms with E-state index in [0.29, 0.717) is 5.56 Å². The van der Waals surface area contributed by atoms with Crippen molar-refractivity contribution in [2.45, 2.75) is 6.42 Å². The molecule has 1 heterocycles. The number of ether oxygens (including phenoxy) is 1. The van der Waals surface area contributed by atoms with Gasteiger partial charge in [-0.2, -0.15) is 0 Å². The van der Waals surface area contributed by atoms with E-state index >= 15 is 0 Å². The number of hydrogen-bond donors (Lipinski definition) is 0. The molecule has 0 spiro atoms. The molecule has 0 amide bonds. The quantitative estimate of drug-likeness (QED) is 0.563. The highest BCUT2D eigenvalue weighted by Crippen LogP contribution is 2.25. The Balaban J connectivity index is 2.48. The van der Waals surface area contributed by atoms with Gasteiger partial charge in [-0.1, -0.05) is 12.1 Å². The van der Waals surface area contributed by atoms with Crippen LogP contribution in [0.5, 0.6) is 5.75 Å². The number of benzene rings is 1. The Morgan fingerprint density at radius 1 is 1.45 bits per heavy atom. The first kappa shape index (κ1) is 6.40. The van der Waals surface area contributed by atoms with Gasteiger partial charge in [0.25, 0.3) is 0 Å². The number of carbonyl (C=O) groups is 1. The lowest BCUT2D eigenvalue weighted by atomic mass is 10.1. The van der Waals surface area contributed by atoms with Crippen LogP contribution in [0.25, 0.3) is 0 Å². The molecule has 1 aliphatic rings. The molecule has 0 aliphatic carbocycles. The second-order valence-electron chi connectivity index (χ2n) is 2.58. The molecule has 0 saturated carbocycles. The zero-order chi connectivity index (χ0) is 7.68. The Hall–Kier alpha value is -1.31. The molecule has 0 bridgehead atoms. The summed E-state index contributed by atoms with van der Waals surface area (Å²) in [6.07, 6.45) is 1.80. The highest BCUT2D eigenvalue weighted by atomic mass is 16.5. The molecular formula is C9H8O2. The molecule has 0 fully saturated rings. The minimum absolute atomic E-state index is 0.686. The second kappa shape index (κ2) is 2.38. The molecule has 1 aliphatic heterocycles. The summed E-state index contributed by atoms with van der Waals surface area (Å²) >= 11 is 0. The van der Waals surface area contributed by atoms with Crippen molar-refractivity contribution < 1.29 is 9.53 Å². The van der Waals surface area contributed by atoms with Crippen LogP contribution in [0.2, 0.25) is 0 Å². The van der Waals surface area contributed by atoms with Gasteiger partial charge in [-0.3, -0.25) is 4.79 Å². The highest BCUT2D eigenvalue weighted by Gasteiger charge is 2.11. The van der Waals surface area contributed by atoms with E-state index in [0.717, 1.165) is 25.1 Å². The summed E-state index contributed by atoms with van der Waals surface area (Å²) in [4.78, 5) is 10.4. The van der Waals surface area contributed by atoms with Crippen LogP contribution in [-0.2, 0) is 6.42 Å². The first-order chi connectivity index (χ1) is 5.40. The molecule has 0 N–H and O–H groups in total. The normalized spacial score (nSPS) is 13.8. The average Bonchev–Trinajstić information content (AvgIpc) is 2.50. The van der Waals surface area contributed by atoms with E-state index in [1.54, 1.807) is 6.07 Å². The third-order valence-electron chi connectivity index (χ3n) is 1.86. The summed E-state index contributed by atoms with van der Waals surface area (Å²) in [6, 6.07) is 5.56. The van der Waals surface area contributed by atoms with Crippen molar-refractivity contribution in [3.05, 3.63) is 29.3 Å². The standard InChI is InChI=1S/C9H8O2/c10-6-7-1-2-8-3-4-11-9(8)5-7/h1-2,5-6H,3-4H2. The maximum absolute atomic E-state index is 10.4. The Morgan fingerprint density at radius 2 is 2.36 bits per heavy atom. The van der Waals surface area contributed by atoms with Crippen LogP contribution in [0.3, 0.4) is 0 Å². The van der Waals surface area contributed by atoms with Crippen LogP contribution < -0.4 is 4.74 Å². The molecule has 1 aromatic carbocycles. The molecule has 1 aromatic rings. The molecule has 56 valence electrons. The Morgan fingerprint density at radius 3 is 3.18 bits per heavy atom. The lowest BCUT2D eigenvalue weighted by Gasteiger charge is -1.97. The lowest BCUT2D eigenvalue weighted by molar-refractivity contribution is 0.112. The fourth-order valence-corrected chi connectivity index (χ4v) is 1.26. The Bertz CT molecular complexity index is 292. The molecule has 2 rings (SSSR count). The SMILES string of the molecule is O=Cc1ccc2c(c1)OCC2. The van der Waals surface area contributed by atoms with Crippen LogP contribution in [0.1, 0.15) is 15.9 Å². The summed E-state index contributed by atoms with van der Waals surface area (Å²) in [5, 5.41) is 0. The van der Waals surface area contributed by atoms with Crippen LogP contribution in [0.15, 0.2) is 18.2 Å². The Kier molecular flexibility index (Phi) is 1.39. The van der Waals surface area contributed by atoms with Crippen molar-refractivity contribution in [1.29, 1.82) is 0 Å². The van der Waals surface area contributed by atoms with E-state index in [-0.39, 0.29) is 0 Å². The third-order valence-corrected chi connectivity index (χ3v) is 1.86. The molecule has 2 nitrogen and oxygen atoms in total. The zero-order valence-electron chi connectivity index (χ0n) is 6.04. The molecule has 2 heteroatoms. The van der Waals surface area contributed by atoms with Crippen LogP contribution in [-0.4, -0.2) is 12.9 Å². The Labute approximate surface area is 64.8 Å². The van der Waals surface area contributed by atoms with Gasteiger partial charge < -0.3 is 4.74 Å². The first-order valence-electron chi connectivity index (χ1n) is 3.61. The number of hydrogen-bond acceptors (Lipinski definition) is 2. The molecule has 0 unspecified atom stereocenters. The predicted molar refractivity (Wildman–Crippen MR) is 41.0 cm³/mol. The van der Waals surface area contributed by atoms with Crippen molar-refractivity contribution in [2.75, 3.05) is 6.61 Å². The van der Waals surface area contributed by atoms with Gasteiger partial charge in [0.2, 0.25) is 0 Å². The lowest BCUT2D eigenvalue weighted by Crippen LogP contribution is -1.86. The fourth-order valence-electron chi connectivity index (χ4n) is 1.26. The van der Waals surface area contributed by atoms with Gasteiger partial charge in [0.15, 0.2) is 0 Å².